The van der Waals surface area contributed by atoms with Crippen LogP contribution in [0.1, 0.15) is 0 Å². The second-order valence-corrected chi connectivity index (χ2v) is 4.11. The van der Waals surface area contributed by atoms with Crippen LogP contribution in [0.5, 0.6) is 5.75 Å². The van der Waals surface area contributed by atoms with E-state index in [1.165, 1.54) is 12.1 Å². The van der Waals surface area contributed by atoms with Crippen LogP contribution in [0.3, 0.4) is 0 Å². The number of fused-ring (bicyclic) bond motifs is 1. The molecule has 0 bridgehead atoms. The van der Waals surface area contributed by atoms with Gasteiger partial charge in [0, 0.05) is 22.2 Å². The Morgan fingerprint density at radius 3 is 2.67 bits per heavy atom. The quantitative estimate of drug-likeness (QED) is 0.721. The van der Waals surface area contributed by atoms with Crippen molar-refractivity contribution >= 4 is 10.9 Å². The smallest absolute Gasteiger partial charge is 0.128 e. The fourth-order valence-electron chi connectivity index (χ4n) is 2.12. The third-order valence-corrected chi connectivity index (χ3v) is 2.98. The largest absolute Gasteiger partial charge is 0.496 e. The van der Waals surface area contributed by atoms with Crippen molar-refractivity contribution in [2.24, 2.45) is 0 Å². The highest BCUT2D eigenvalue weighted by Gasteiger charge is 2.07. The highest BCUT2D eigenvalue weighted by molar-refractivity contribution is 5.90. The lowest BCUT2D eigenvalue weighted by molar-refractivity contribution is 0.420. The van der Waals surface area contributed by atoms with Crippen LogP contribution in [0.2, 0.25) is 0 Å². The molecular weight excluding hydrogens is 229 g/mol. The van der Waals surface area contributed by atoms with Crippen LogP contribution in [0.25, 0.3) is 22.2 Å². The Kier molecular flexibility index (Phi) is 2.52. The van der Waals surface area contributed by atoms with Crippen LogP contribution in [-0.4, -0.2) is 12.1 Å². The number of benzene rings is 2. The number of H-pyrrole nitrogens is 1. The Hall–Kier alpha value is -2.29. The predicted octanol–water partition coefficient (Wildman–Crippen LogP) is 3.98. The molecule has 3 heteroatoms. The number of hydrogen-bond donors (Lipinski definition) is 1. The third kappa shape index (κ3) is 1.74. The number of nitrogens with one attached hydrogen (secondary N) is 1. The second kappa shape index (κ2) is 4.18. The van der Waals surface area contributed by atoms with Gasteiger partial charge in [-0.1, -0.05) is 18.2 Å². The topological polar surface area (TPSA) is 25.0 Å². The van der Waals surface area contributed by atoms with E-state index >= 15 is 0 Å². The molecule has 1 N–H and O–H groups in total. The predicted molar refractivity (Wildman–Crippen MR) is 70.2 cm³/mol. The van der Waals surface area contributed by atoms with E-state index in [9.17, 15) is 4.39 Å². The van der Waals surface area contributed by atoms with Crippen LogP contribution >= 0.6 is 0 Å². The molecule has 3 aromatic rings. The van der Waals surface area contributed by atoms with Crippen molar-refractivity contribution in [3.8, 4) is 17.0 Å². The average molecular weight is 241 g/mol. The lowest BCUT2D eigenvalue weighted by Gasteiger charge is -1.99. The van der Waals surface area contributed by atoms with Crippen LogP contribution in [0.4, 0.5) is 4.39 Å². The van der Waals surface area contributed by atoms with Gasteiger partial charge in [-0.25, -0.2) is 4.39 Å². The average Bonchev–Trinajstić information content (AvgIpc) is 2.82. The molecule has 0 amide bonds. The van der Waals surface area contributed by atoms with Gasteiger partial charge in [0.25, 0.3) is 0 Å². The van der Waals surface area contributed by atoms with Gasteiger partial charge in [0.15, 0.2) is 0 Å². The van der Waals surface area contributed by atoms with Gasteiger partial charge >= 0.3 is 0 Å². The molecule has 90 valence electrons. The molecule has 0 saturated carbocycles. The van der Waals surface area contributed by atoms with E-state index in [0.29, 0.717) is 0 Å². The Bertz CT molecular complexity index is 703. The van der Waals surface area contributed by atoms with Crippen molar-refractivity contribution < 1.29 is 9.13 Å². The van der Waals surface area contributed by atoms with Gasteiger partial charge in [0.1, 0.15) is 11.6 Å². The van der Waals surface area contributed by atoms with E-state index in [4.69, 9.17) is 4.74 Å². The molecule has 0 aliphatic carbocycles. The lowest BCUT2D eigenvalue weighted by atomic mass is 10.1. The summed E-state index contributed by atoms with van der Waals surface area (Å²) in [5.41, 5.74) is 2.69. The minimum atomic E-state index is -0.238. The minimum Gasteiger partial charge on any atom is -0.496 e. The van der Waals surface area contributed by atoms with Gasteiger partial charge in [-0.3, -0.25) is 0 Å². The first kappa shape index (κ1) is 10.8. The molecule has 0 saturated heterocycles. The Balaban J connectivity index is 2.19. The van der Waals surface area contributed by atoms with E-state index in [1.54, 1.807) is 13.2 Å². The van der Waals surface area contributed by atoms with Crippen LogP contribution in [0, 0.1) is 5.82 Å². The number of aromatic amines is 1. The highest BCUT2D eigenvalue weighted by atomic mass is 19.1. The molecule has 0 aliphatic heterocycles. The first-order chi connectivity index (χ1) is 8.78. The van der Waals surface area contributed by atoms with Crippen LogP contribution in [-0.2, 0) is 0 Å². The second-order valence-electron chi connectivity index (χ2n) is 4.11. The summed E-state index contributed by atoms with van der Waals surface area (Å²) in [6, 6.07) is 14.3. The maximum atomic E-state index is 13.2. The molecule has 0 fully saturated rings. The summed E-state index contributed by atoms with van der Waals surface area (Å²) < 4.78 is 18.5. The summed E-state index contributed by atoms with van der Waals surface area (Å²) in [6.45, 7) is 0. The van der Waals surface area contributed by atoms with E-state index in [0.717, 1.165) is 27.9 Å². The Morgan fingerprint density at radius 1 is 1.06 bits per heavy atom. The highest BCUT2D eigenvalue weighted by Crippen LogP contribution is 2.30. The van der Waals surface area contributed by atoms with Gasteiger partial charge in [0.05, 0.1) is 7.11 Å². The van der Waals surface area contributed by atoms with Crippen LogP contribution < -0.4 is 4.74 Å². The molecule has 1 heterocycles. The van der Waals surface area contributed by atoms with E-state index in [-0.39, 0.29) is 5.82 Å². The van der Waals surface area contributed by atoms with Crippen molar-refractivity contribution in [3.63, 3.8) is 0 Å². The van der Waals surface area contributed by atoms with E-state index in [2.05, 4.69) is 4.98 Å². The van der Waals surface area contributed by atoms with E-state index < -0.39 is 0 Å². The van der Waals surface area contributed by atoms with Gasteiger partial charge in [0.2, 0.25) is 0 Å². The van der Waals surface area contributed by atoms with Crippen molar-refractivity contribution in [3.05, 3.63) is 54.3 Å². The first-order valence-corrected chi connectivity index (χ1v) is 5.69. The maximum absolute atomic E-state index is 13.2. The molecule has 0 unspecified atom stereocenters. The summed E-state index contributed by atoms with van der Waals surface area (Å²) >= 11 is 0. The SMILES string of the molecule is COc1cccc2[nH]c(-c3cccc(F)c3)cc12. The van der Waals surface area contributed by atoms with Gasteiger partial charge < -0.3 is 9.72 Å². The van der Waals surface area contributed by atoms with Crippen LogP contribution in [0.15, 0.2) is 48.5 Å². The number of methoxy groups -OCH3 is 1. The van der Waals surface area contributed by atoms with Crippen molar-refractivity contribution in [1.82, 2.24) is 4.98 Å². The lowest BCUT2D eigenvalue weighted by Crippen LogP contribution is -1.81. The molecule has 0 radical (unpaired) electrons. The standard InChI is InChI=1S/C15H12FNO/c1-18-15-7-3-6-13-12(15)9-14(17-13)10-4-2-5-11(16)8-10/h2-9,17H,1H3. The van der Waals surface area contributed by atoms with Gasteiger partial charge in [-0.15, -0.1) is 0 Å². The number of aromatic nitrogens is 1. The van der Waals surface area contributed by atoms with Crippen molar-refractivity contribution in [2.75, 3.05) is 7.11 Å². The molecule has 2 nitrogen and oxygen atoms in total. The zero-order valence-electron chi connectivity index (χ0n) is 9.91. The molecular formula is C15H12FNO. The minimum absolute atomic E-state index is 0.238. The molecule has 2 aromatic carbocycles. The first-order valence-electron chi connectivity index (χ1n) is 5.69. The molecule has 3 rings (SSSR count). The third-order valence-electron chi connectivity index (χ3n) is 2.98. The summed E-state index contributed by atoms with van der Waals surface area (Å²) in [5.74, 6) is 0.574. The summed E-state index contributed by atoms with van der Waals surface area (Å²) in [4.78, 5) is 3.27. The van der Waals surface area contributed by atoms with Gasteiger partial charge in [-0.05, 0) is 30.3 Å². The summed E-state index contributed by atoms with van der Waals surface area (Å²) in [5, 5.41) is 0.999. The molecule has 0 aliphatic rings. The van der Waals surface area contributed by atoms with Crippen molar-refractivity contribution in [2.45, 2.75) is 0 Å². The number of halogens is 1. The monoisotopic (exact) mass is 241 g/mol. The van der Waals surface area contributed by atoms with E-state index in [1.807, 2.05) is 30.3 Å². The number of rotatable bonds is 2. The van der Waals surface area contributed by atoms with Crippen molar-refractivity contribution in [1.29, 1.82) is 0 Å². The maximum Gasteiger partial charge on any atom is 0.128 e. The number of ether oxygens (including phenoxy) is 1. The molecule has 0 atom stereocenters. The molecule has 1 aromatic heterocycles. The summed E-state index contributed by atoms with van der Waals surface area (Å²) in [6.07, 6.45) is 0. The molecule has 0 spiro atoms. The normalized spacial score (nSPS) is 10.8. The summed E-state index contributed by atoms with van der Waals surface area (Å²) in [7, 11) is 1.64. The van der Waals surface area contributed by atoms with Gasteiger partial charge in [-0.2, -0.15) is 0 Å². The molecule has 18 heavy (non-hydrogen) atoms. The zero-order chi connectivity index (χ0) is 12.5. The fourth-order valence-corrected chi connectivity index (χ4v) is 2.12. The fraction of sp³-hybridized carbons (Fsp3) is 0.0667. The Labute approximate surface area is 104 Å². The number of hydrogen-bond acceptors (Lipinski definition) is 1. The Morgan fingerprint density at radius 2 is 1.89 bits per heavy atom. The zero-order valence-corrected chi connectivity index (χ0v) is 9.91.